The maximum Gasteiger partial charge on any atom is 0.417 e. The van der Waals surface area contributed by atoms with Crippen molar-refractivity contribution in [2.24, 2.45) is 0 Å². The smallest absolute Gasteiger partial charge is 0.417 e. The normalized spacial score (nSPS) is 11.5. The minimum Gasteiger partial charge on any atom is -0.456 e. The zero-order valence-electron chi connectivity index (χ0n) is 10.3. The van der Waals surface area contributed by atoms with Crippen LogP contribution in [0.3, 0.4) is 0 Å². The molecule has 0 amide bonds. The molecule has 0 aliphatic carbocycles. The maximum absolute atomic E-state index is 12.7. The van der Waals surface area contributed by atoms with Crippen molar-refractivity contribution in [3.8, 4) is 11.5 Å². The van der Waals surface area contributed by atoms with Gasteiger partial charge in [-0.1, -0.05) is 29.3 Å². The number of aryl methyl sites for hydroxylation is 1. The van der Waals surface area contributed by atoms with E-state index in [1.807, 2.05) is 6.92 Å². The third kappa shape index (κ3) is 3.38. The lowest BCUT2D eigenvalue weighted by Crippen LogP contribution is -2.05. The predicted octanol–water partition coefficient (Wildman–Crippen LogP) is 6.11. The first-order valence-electron chi connectivity index (χ1n) is 5.58. The Morgan fingerprint density at radius 2 is 1.65 bits per heavy atom. The molecule has 0 fully saturated rings. The molecule has 106 valence electrons. The van der Waals surface area contributed by atoms with Crippen molar-refractivity contribution >= 4 is 23.2 Å². The van der Waals surface area contributed by atoms with Crippen molar-refractivity contribution < 1.29 is 17.9 Å². The highest BCUT2D eigenvalue weighted by molar-refractivity contribution is 6.32. The number of rotatable bonds is 2. The van der Waals surface area contributed by atoms with E-state index in [1.54, 1.807) is 18.2 Å². The molecule has 0 aliphatic heterocycles. The van der Waals surface area contributed by atoms with Gasteiger partial charge in [0.2, 0.25) is 0 Å². The van der Waals surface area contributed by atoms with Gasteiger partial charge < -0.3 is 4.74 Å². The third-order valence-electron chi connectivity index (χ3n) is 2.56. The van der Waals surface area contributed by atoms with Gasteiger partial charge in [-0.2, -0.15) is 13.2 Å². The van der Waals surface area contributed by atoms with E-state index in [0.717, 1.165) is 17.7 Å². The monoisotopic (exact) mass is 320 g/mol. The van der Waals surface area contributed by atoms with Crippen LogP contribution in [-0.2, 0) is 6.18 Å². The van der Waals surface area contributed by atoms with E-state index in [9.17, 15) is 13.2 Å². The maximum atomic E-state index is 12.7. The number of halogens is 5. The fourth-order valence-electron chi connectivity index (χ4n) is 1.60. The van der Waals surface area contributed by atoms with E-state index in [1.165, 1.54) is 6.07 Å². The first-order chi connectivity index (χ1) is 9.27. The van der Waals surface area contributed by atoms with Crippen LogP contribution in [0.15, 0.2) is 36.4 Å². The summed E-state index contributed by atoms with van der Waals surface area (Å²) in [6.45, 7) is 1.85. The Labute approximate surface area is 123 Å². The number of alkyl halides is 3. The van der Waals surface area contributed by atoms with E-state index < -0.39 is 11.7 Å². The van der Waals surface area contributed by atoms with Crippen LogP contribution in [0, 0.1) is 6.92 Å². The molecule has 0 heterocycles. The summed E-state index contributed by atoms with van der Waals surface area (Å²) >= 11 is 11.5. The Balaban J connectivity index is 2.35. The summed E-state index contributed by atoms with van der Waals surface area (Å²) in [4.78, 5) is 0. The molecule has 2 rings (SSSR count). The molecule has 0 atom stereocenters. The quantitative estimate of drug-likeness (QED) is 0.648. The lowest BCUT2D eigenvalue weighted by molar-refractivity contribution is -0.137. The standard InChI is InChI=1S/C14H9Cl2F3O/c1-8-2-5-13(12(16)6-8)20-9-3-4-11(15)10(7-9)14(17,18)19/h2-7H,1H3. The molecule has 2 aromatic rings. The number of hydrogen-bond donors (Lipinski definition) is 0. The van der Waals surface area contributed by atoms with E-state index in [2.05, 4.69) is 0 Å². The molecule has 0 saturated heterocycles. The van der Waals surface area contributed by atoms with E-state index in [0.29, 0.717) is 5.02 Å². The minimum absolute atomic E-state index is 0.0208. The average Bonchev–Trinajstić information content (AvgIpc) is 2.33. The Kier molecular flexibility index (Phi) is 4.16. The van der Waals surface area contributed by atoms with Crippen molar-refractivity contribution in [1.29, 1.82) is 0 Å². The van der Waals surface area contributed by atoms with E-state index in [-0.39, 0.29) is 16.5 Å². The van der Waals surface area contributed by atoms with Crippen LogP contribution in [0.2, 0.25) is 10.0 Å². The summed E-state index contributed by atoms with van der Waals surface area (Å²) < 4.78 is 43.6. The van der Waals surface area contributed by atoms with Gasteiger partial charge in [-0.05, 0) is 42.8 Å². The predicted molar refractivity (Wildman–Crippen MR) is 72.7 cm³/mol. The second kappa shape index (κ2) is 5.54. The number of benzene rings is 2. The van der Waals surface area contributed by atoms with Gasteiger partial charge in [0.05, 0.1) is 15.6 Å². The van der Waals surface area contributed by atoms with Gasteiger partial charge in [-0.3, -0.25) is 0 Å². The molecule has 0 bridgehead atoms. The fourth-order valence-corrected chi connectivity index (χ4v) is 2.10. The van der Waals surface area contributed by atoms with Crippen LogP contribution in [0.1, 0.15) is 11.1 Å². The molecule has 20 heavy (non-hydrogen) atoms. The SMILES string of the molecule is Cc1ccc(Oc2ccc(Cl)c(C(F)(F)F)c2)c(Cl)c1. The summed E-state index contributed by atoms with van der Waals surface area (Å²) in [7, 11) is 0. The first kappa shape index (κ1) is 15.0. The summed E-state index contributed by atoms with van der Waals surface area (Å²) in [5.41, 5.74) is -0.0191. The minimum atomic E-state index is -4.53. The Hall–Kier alpha value is -1.39. The molecular weight excluding hydrogens is 312 g/mol. The summed E-state index contributed by atoms with van der Waals surface area (Å²) in [5, 5.41) is -0.0478. The van der Waals surface area contributed by atoms with Crippen LogP contribution >= 0.6 is 23.2 Å². The van der Waals surface area contributed by atoms with Crippen molar-refractivity contribution in [1.82, 2.24) is 0 Å². The van der Waals surface area contributed by atoms with Gasteiger partial charge in [-0.25, -0.2) is 0 Å². The topological polar surface area (TPSA) is 9.23 Å². The molecule has 0 spiro atoms. The van der Waals surface area contributed by atoms with E-state index in [4.69, 9.17) is 27.9 Å². The van der Waals surface area contributed by atoms with Crippen molar-refractivity contribution in [3.63, 3.8) is 0 Å². The molecule has 1 nitrogen and oxygen atoms in total. The van der Waals surface area contributed by atoms with Gasteiger partial charge in [0.15, 0.2) is 0 Å². The van der Waals surface area contributed by atoms with Crippen molar-refractivity contribution in [2.45, 2.75) is 13.1 Å². The molecule has 0 saturated carbocycles. The Bertz CT molecular complexity index is 639. The fraction of sp³-hybridized carbons (Fsp3) is 0.143. The second-order valence-corrected chi connectivity index (χ2v) is 4.99. The van der Waals surface area contributed by atoms with Crippen LogP contribution < -0.4 is 4.74 Å². The van der Waals surface area contributed by atoms with Crippen LogP contribution in [0.4, 0.5) is 13.2 Å². The molecule has 0 unspecified atom stereocenters. The zero-order valence-corrected chi connectivity index (χ0v) is 11.8. The summed E-state index contributed by atoms with van der Waals surface area (Å²) in [6.07, 6.45) is -4.53. The summed E-state index contributed by atoms with van der Waals surface area (Å²) in [5.74, 6) is 0.306. The average molecular weight is 321 g/mol. The second-order valence-electron chi connectivity index (χ2n) is 4.18. The molecule has 0 aliphatic rings. The molecule has 0 N–H and O–H groups in total. The lowest BCUT2D eigenvalue weighted by Gasteiger charge is -2.12. The van der Waals surface area contributed by atoms with Crippen LogP contribution in [0.25, 0.3) is 0 Å². The Morgan fingerprint density at radius 1 is 0.950 bits per heavy atom. The van der Waals surface area contributed by atoms with Gasteiger partial charge in [0.25, 0.3) is 0 Å². The van der Waals surface area contributed by atoms with Gasteiger partial charge in [-0.15, -0.1) is 0 Å². The zero-order chi connectivity index (χ0) is 14.9. The Morgan fingerprint density at radius 3 is 2.25 bits per heavy atom. The molecular formula is C14H9Cl2F3O. The van der Waals surface area contributed by atoms with Crippen molar-refractivity contribution in [2.75, 3.05) is 0 Å². The van der Waals surface area contributed by atoms with Gasteiger partial charge in [0.1, 0.15) is 11.5 Å². The summed E-state index contributed by atoms with van der Waals surface area (Å²) in [6, 6.07) is 8.35. The first-order valence-corrected chi connectivity index (χ1v) is 6.34. The lowest BCUT2D eigenvalue weighted by atomic mass is 10.2. The molecule has 2 aromatic carbocycles. The highest BCUT2D eigenvalue weighted by Gasteiger charge is 2.33. The number of hydrogen-bond acceptors (Lipinski definition) is 1. The highest BCUT2D eigenvalue weighted by atomic mass is 35.5. The molecule has 0 radical (unpaired) electrons. The van der Waals surface area contributed by atoms with E-state index >= 15 is 0 Å². The third-order valence-corrected chi connectivity index (χ3v) is 3.18. The van der Waals surface area contributed by atoms with Crippen LogP contribution in [0.5, 0.6) is 11.5 Å². The van der Waals surface area contributed by atoms with Gasteiger partial charge >= 0.3 is 6.18 Å². The number of ether oxygens (including phenoxy) is 1. The van der Waals surface area contributed by atoms with Crippen LogP contribution in [-0.4, -0.2) is 0 Å². The molecule has 0 aromatic heterocycles. The molecule has 6 heteroatoms. The highest BCUT2D eigenvalue weighted by Crippen LogP contribution is 2.38. The van der Waals surface area contributed by atoms with Gasteiger partial charge in [0, 0.05) is 0 Å². The van der Waals surface area contributed by atoms with Crippen molar-refractivity contribution in [3.05, 3.63) is 57.6 Å². The largest absolute Gasteiger partial charge is 0.456 e.